The third-order valence-electron chi connectivity index (χ3n) is 3.18. The SMILES string of the molecule is CC#N.[C-]#[O+].[Ru+2].c1ccc(-c2ccccn2)nc1.c1ccc(-c2ccccn2)nc1. The van der Waals surface area contributed by atoms with Gasteiger partial charge in [-0.15, -0.1) is 0 Å². The molecule has 0 bridgehead atoms. The summed E-state index contributed by atoms with van der Waals surface area (Å²) in [6, 6.07) is 24.9. The van der Waals surface area contributed by atoms with Gasteiger partial charge in [0.05, 0.1) is 28.8 Å². The number of rotatable bonds is 2. The minimum atomic E-state index is 0. The Morgan fingerprint density at radius 2 is 0.800 bits per heavy atom. The molecule has 0 aliphatic heterocycles. The first-order valence-electron chi connectivity index (χ1n) is 8.51. The van der Waals surface area contributed by atoms with Crippen molar-refractivity contribution in [3.8, 4) is 28.8 Å². The molecule has 0 saturated carbocycles. The summed E-state index contributed by atoms with van der Waals surface area (Å²) in [6.07, 6.45) is 7.07. The Bertz CT molecular complexity index is 827. The van der Waals surface area contributed by atoms with Crippen LogP contribution in [0.1, 0.15) is 6.92 Å². The first-order valence-corrected chi connectivity index (χ1v) is 8.51. The summed E-state index contributed by atoms with van der Waals surface area (Å²) in [7, 11) is 0. The van der Waals surface area contributed by atoms with Gasteiger partial charge in [-0.2, -0.15) is 5.26 Å². The van der Waals surface area contributed by atoms with Crippen molar-refractivity contribution >= 4 is 0 Å². The van der Waals surface area contributed by atoms with Crippen LogP contribution in [0.2, 0.25) is 0 Å². The molecular weight excluding hydrogens is 463 g/mol. The molecule has 0 spiro atoms. The Hall–Kier alpha value is -3.55. The monoisotopic (exact) mass is 483 g/mol. The molecule has 0 radical (unpaired) electrons. The molecule has 7 heteroatoms. The standard InChI is InChI=1S/2C10H8N2.C2H3N.CO.Ru/c2*1-3-7-11-9(5-1)10-6-2-4-8-12-10;1-2-3;1-2;/h2*1-8H;1H3;;/q;;;;+2. The number of hydrogen-bond donors (Lipinski definition) is 0. The van der Waals surface area contributed by atoms with Crippen molar-refractivity contribution in [1.82, 2.24) is 19.9 Å². The van der Waals surface area contributed by atoms with Gasteiger partial charge in [0.15, 0.2) is 0 Å². The second-order valence-electron chi connectivity index (χ2n) is 5.08. The molecule has 6 nitrogen and oxygen atoms in total. The molecule has 148 valence electrons. The largest absolute Gasteiger partial charge is 2.00 e. The molecule has 0 aromatic carbocycles. The smallest absolute Gasteiger partial charge is 0.255 e. The summed E-state index contributed by atoms with van der Waals surface area (Å²) in [6.45, 7) is 5.93. The molecule has 0 atom stereocenters. The van der Waals surface area contributed by atoms with E-state index in [9.17, 15) is 0 Å². The molecule has 0 amide bonds. The summed E-state index contributed by atoms with van der Waals surface area (Å²) in [4.78, 5) is 16.7. The molecule has 4 heterocycles. The van der Waals surface area contributed by atoms with Gasteiger partial charge < -0.3 is 0 Å². The first kappa shape index (κ1) is 26.5. The van der Waals surface area contributed by atoms with Crippen molar-refractivity contribution in [2.75, 3.05) is 0 Å². The molecule has 0 saturated heterocycles. The van der Waals surface area contributed by atoms with Crippen LogP contribution in [0.5, 0.6) is 0 Å². The number of aromatic nitrogens is 4. The predicted octanol–water partition coefficient (Wildman–Crippen LogP) is 4.78. The molecule has 4 rings (SSSR count). The van der Waals surface area contributed by atoms with E-state index in [1.54, 1.807) is 30.9 Å². The van der Waals surface area contributed by atoms with E-state index >= 15 is 0 Å². The second-order valence-corrected chi connectivity index (χ2v) is 5.08. The number of hydrogen-bond acceptors (Lipinski definition) is 5. The summed E-state index contributed by atoms with van der Waals surface area (Å²) in [5.74, 6) is 0. The third kappa shape index (κ3) is 10.1. The summed E-state index contributed by atoms with van der Waals surface area (Å²) >= 11 is 0. The molecular formula is C23H19N5ORu+2. The summed E-state index contributed by atoms with van der Waals surface area (Å²) in [5, 5.41) is 7.32. The van der Waals surface area contributed by atoms with Gasteiger partial charge in [0.2, 0.25) is 0 Å². The zero-order valence-corrected chi connectivity index (χ0v) is 18.0. The Morgan fingerprint density at radius 3 is 0.933 bits per heavy atom. The van der Waals surface area contributed by atoms with Gasteiger partial charge in [-0.3, -0.25) is 19.9 Å². The average Bonchev–Trinajstić information content (AvgIpc) is 2.84. The quantitative estimate of drug-likeness (QED) is 0.233. The third-order valence-corrected chi connectivity index (χ3v) is 3.18. The number of nitriles is 1. The molecule has 0 aliphatic carbocycles. The van der Waals surface area contributed by atoms with Crippen molar-refractivity contribution in [2.45, 2.75) is 6.92 Å². The van der Waals surface area contributed by atoms with Gasteiger partial charge >= 0.3 is 30.8 Å². The van der Waals surface area contributed by atoms with E-state index < -0.39 is 0 Å². The van der Waals surface area contributed by atoms with Crippen molar-refractivity contribution in [3.63, 3.8) is 0 Å². The minimum Gasteiger partial charge on any atom is -0.255 e. The zero-order chi connectivity index (χ0) is 21.2. The van der Waals surface area contributed by atoms with Crippen LogP contribution in [0.25, 0.3) is 22.8 Å². The Labute approximate surface area is 189 Å². The number of nitrogens with zero attached hydrogens (tertiary/aromatic N) is 5. The maximum atomic E-state index is 7.50. The van der Waals surface area contributed by atoms with E-state index in [-0.39, 0.29) is 19.5 Å². The fourth-order valence-corrected chi connectivity index (χ4v) is 2.06. The van der Waals surface area contributed by atoms with Gasteiger partial charge in [-0.1, -0.05) is 24.3 Å². The Morgan fingerprint density at radius 1 is 0.600 bits per heavy atom. The van der Waals surface area contributed by atoms with Crippen LogP contribution in [-0.4, -0.2) is 19.9 Å². The van der Waals surface area contributed by atoms with Crippen LogP contribution in [0, 0.1) is 18.0 Å². The van der Waals surface area contributed by atoms with Gasteiger partial charge in [0.1, 0.15) is 0 Å². The van der Waals surface area contributed by atoms with Crippen molar-refractivity contribution < 1.29 is 24.1 Å². The fourth-order valence-electron chi connectivity index (χ4n) is 2.06. The maximum absolute atomic E-state index is 7.50. The van der Waals surface area contributed by atoms with Crippen molar-refractivity contribution in [1.29, 1.82) is 5.26 Å². The predicted molar refractivity (Wildman–Crippen MR) is 110 cm³/mol. The van der Waals surface area contributed by atoms with Crippen LogP contribution in [0.15, 0.2) is 97.6 Å². The molecule has 0 aliphatic rings. The summed E-state index contributed by atoms with van der Waals surface area (Å²) < 4.78 is 7.50. The molecule has 30 heavy (non-hydrogen) atoms. The molecule has 4 aromatic rings. The van der Waals surface area contributed by atoms with Crippen LogP contribution in [0.3, 0.4) is 0 Å². The second kappa shape index (κ2) is 17.5. The molecule has 4 aromatic heterocycles. The van der Waals surface area contributed by atoms with Gasteiger partial charge in [0, 0.05) is 31.7 Å². The summed E-state index contributed by atoms with van der Waals surface area (Å²) in [5.41, 5.74) is 3.66. The minimum absolute atomic E-state index is 0. The van der Waals surface area contributed by atoms with E-state index in [2.05, 4.69) is 26.6 Å². The van der Waals surface area contributed by atoms with Crippen molar-refractivity contribution in [2.24, 2.45) is 0 Å². The van der Waals surface area contributed by atoms with E-state index in [1.807, 2.05) is 72.8 Å². The van der Waals surface area contributed by atoms with E-state index in [0.29, 0.717) is 0 Å². The van der Waals surface area contributed by atoms with Gasteiger partial charge in [-0.25, -0.2) is 0 Å². The van der Waals surface area contributed by atoms with Gasteiger partial charge in [0.25, 0.3) is 0 Å². The van der Waals surface area contributed by atoms with Gasteiger partial charge in [-0.05, 0) is 48.5 Å². The van der Waals surface area contributed by atoms with Crippen LogP contribution in [-0.2, 0) is 24.1 Å². The molecule has 0 fully saturated rings. The first-order chi connectivity index (χ1) is 14.3. The fraction of sp³-hybridized carbons (Fsp3) is 0.0435. The van der Waals surface area contributed by atoms with Crippen molar-refractivity contribution in [3.05, 3.63) is 104 Å². The maximum Gasteiger partial charge on any atom is 2.00 e. The Balaban J connectivity index is 0.000000451. The van der Waals surface area contributed by atoms with E-state index in [0.717, 1.165) is 22.8 Å². The van der Waals surface area contributed by atoms with E-state index in [4.69, 9.17) is 9.91 Å². The Kier molecular flexibility index (Phi) is 15.5. The van der Waals surface area contributed by atoms with Crippen LogP contribution in [0.4, 0.5) is 0 Å². The number of pyridine rings is 4. The zero-order valence-electron chi connectivity index (χ0n) is 16.2. The van der Waals surface area contributed by atoms with Crippen LogP contribution < -0.4 is 0 Å². The molecule has 0 unspecified atom stereocenters. The van der Waals surface area contributed by atoms with Crippen LogP contribution >= 0.6 is 0 Å². The average molecular weight is 483 g/mol. The molecule has 0 N–H and O–H groups in total. The topological polar surface area (TPSA) is 95.2 Å². The normalized spacial score (nSPS) is 8.07. The van der Waals surface area contributed by atoms with E-state index in [1.165, 1.54) is 6.92 Å².